The lowest BCUT2D eigenvalue weighted by atomic mass is 9.85. The molecule has 1 aliphatic carbocycles. The molecule has 3 rings (SSSR count). The van der Waals surface area contributed by atoms with Gasteiger partial charge in [0.05, 0.1) is 0 Å². The topological polar surface area (TPSA) is 42.1 Å². The summed E-state index contributed by atoms with van der Waals surface area (Å²) in [6, 6.07) is 5.67. The first-order valence-corrected chi connectivity index (χ1v) is 6.76. The van der Waals surface area contributed by atoms with E-state index in [1.54, 1.807) is 0 Å². The van der Waals surface area contributed by atoms with E-state index in [0.717, 1.165) is 12.6 Å². The van der Waals surface area contributed by atoms with Gasteiger partial charge in [0.15, 0.2) is 0 Å². The Balaban J connectivity index is 1.88. The monoisotopic (exact) mass is 231 g/mol. The molecule has 2 aliphatic rings. The summed E-state index contributed by atoms with van der Waals surface area (Å²) in [5, 5.41) is 0. The Hall–Kier alpha value is -0.930. The average Bonchev–Trinajstić information content (AvgIpc) is 3.23. The first-order chi connectivity index (χ1) is 8.40. The molecule has 1 aromatic rings. The van der Waals surface area contributed by atoms with E-state index in [0.29, 0.717) is 12.0 Å². The predicted octanol–water partition coefficient (Wildman–Crippen LogP) is 1.96. The number of pyridine rings is 1. The molecule has 0 unspecified atom stereocenters. The zero-order chi connectivity index (χ0) is 11.7. The molecule has 2 N–H and O–H groups in total. The number of piperidine rings is 1. The van der Waals surface area contributed by atoms with Crippen LogP contribution in [0.25, 0.3) is 0 Å². The van der Waals surface area contributed by atoms with Gasteiger partial charge >= 0.3 is 0 Å². The number of rotatable bonds is 3. The standard InChI is InChI=1S/C14H21N3/c15-10-12-2-1-9-17(13-3-4-13)14(12)11-5-7-16-8-6-11/h5-8,12-14H,1-4,9-10,15H2/t12-,14-/m1/s1. The SMILES string of the molecule is NC[C@H]1CCCN(C2CC2)[C@@H]1c1ccncc1. The van der Waals surface area contributed by atoms with Crippen molar-refractivity contribution < 1.29 is 0 Å². The van der Waals surface area contributed by atoms with E-state index in [2.05, 4.69) is 22.0 Å². The molecule has 1 saturated heterocycles. The summed E-state index contributed by atoms with van der Waals surface area (Å²) < 4.78 is 0. The average molecular weight is 231 g/mol. The molecule has 0 radical (unpaired) electrons. The van der Waals surface area contributed by atoms with Gasteiger partial charge in [-0.15, -0.1) is 0 Å². The highest BCUT2D eigenvalue weighted by molar-refractivity contribution is 5.18. The van der Waals surface area contributed by atoms with Crippen LogP contribution in [0.4, 0.5) is 0 Å². The van der Waals surface area contributed by atoms with Gasteiger partial charge in [-0.05, 0) is 62.4 Å². The van der Waals surface area contributed by atoms with Crippen LogP contribution in [0.3, 0.4) is 0 Å². The third kappa shape index (κ3) is 2.22. The number of nitrogens with zero attached hydrogens (tertiary/aromatic N) is 2. The van der Waals surface area contributed by atoms with Crippen LogP contribution in [-0.4, -0.2) is 29.0 Å². The van der Waals surface area contributed by atoms with Crippen molar-refractivity contribution in [2.75, 3.05) is 13.1 Å². The molecule has 1 aromatic heterocycles. The number of aromatic nitrogens is 1. The maximum absolute atomic E-state index is 5.97. The molecule has 1 saturated carbocycles. The maximum Gasteiger partial charge on any atom is 0.0392 e. The van der Waals surface area contributed by atoms with Crippen molar-refractivity contribution in [2.24, 2.45) is 11.7 Å². The van der Waals surface area contributed by atoms with E-state index in [4.69, 9.17) is 5.73 Å². The van der Waals surface area contributed by atoms with Crippen LogP contribution in [0.5, 0.6) is 0 Å². The van der Waals surface area contributed by atoms with Gasteiger partial charge in [0.1, 0.15) is 0 Å². The second kappa shape index (κ2) is 4.75. The minimum atomic E-state index is 0.532. The molecule has 0 aromatic carbocycles. The molecule has 0 spiro atoms. The van der Waals surface area contributed by atoms with Crippen LogP contribution in [0.1, 0.15) is 37.3 Å². The molecular weight excluding hydrogens is 210 g/mol. The Labute approximate surface area is 103 Å². The highest BCUT2D eigenvalue weighted by atomic mass is 15.2. The van der Waals surface area contributed by atoms with Crippen LogP contribution in [0, 0.1) is 5.92 Å². The van der Waals surface area contributed by atoms with Gasteiger partial charge in [0, 0.05) is 24.5 Å². The highest BCUT2D eigenvalue weighted by Gasteiger charge is 2.39. The van der Waals surface area contributed by atoms with Gasteiger partial charge in [-0.2, -0.15) is 0 Å². The fourth-order valence-corrected chi connectivity index (χ4v) is 3.19. The predicted molar refractivity (Wildman–Crippen MR) is 68.5 cm³/mol. The lowest BCUT2D eigenvalue weighted by Crippen LogP contribution is -2.42. The minimum absolute atomic E-state index is 0.532. The van der Waals surface area contributed by atoms with Crippen LogP contribution in [-0.2, 0) is 0 Å². The zero-order valence-corrected chi connectivity index (χ0v) is 10.3. The quantitative estimate of drug-likeness (QED) is 0.864. The number of hydrogen-bond acceptors (Lipinski definition) is 3. The van der Waals surface area contributed by atoms with E-state index in [9.17, 15) is 0 Å². The van der Waals surface area contributed by atoms with Crippen molar-refractivity contribution in [3.63, 3.8) is 0 Å². The number of hydrogen-bond donors (Lipinski definition) is 1. The van der Waals surface area contributed by atoms with Crippen LogP contribution >= 0.6 is 0 Å². The molecule has 2 heterocycles. The number of likely N-dealkylation sites (tertiary alicyclic amines) is 1. The molecule has 3 nitrogen and oxygen atoms in total. The summed E-state index contributed by atoms with van der Waals surface area (Å²) in [4.78, 5) is 6.82. The fraction of sp³-hybridized carbons (Fsp3) is 0.643. The Morgan fingerprint density at radius 2 is 2.00 bits per heavy atom. The lowest BCUT2D eigenvalue weighted by molar-refractivity contribution is 0.0879. The summed E-state index contributed by atoms with van der Waals surface area (Å²) in [5.74, 6) is 0.617. The van der Waals surface area contributed by atoms with E-state index >= 15 is 0 Å². The van der Waals surface area contributed by atoms with Gasteiger partial charge < -0.3 is 5.73 Å². The molecule has 3 heteroatoms. The Bertz CT molecular complexity index is 361. The van der Waals surface area contributed by atoms with Crippen molar-refractivity contribution in [3.05, 3.63) is 30.1 Å². The summed E-state index contributed by atoms with van der Waals surface area (Å²) >= 11 is 0. The lowest BCUT2D eigenvalue weighted by Gasteiger charge is -2.41. The second-order valence-electron chi connectivity index (χ2n) is 5.33. The number of nitrogens with two attached hydrogens (primary N) is 1. The Kier molecular flexibility index (Phi) is 3.12. The van der Waals surface area contributed by atoms with Crippen molar-refractivity contribution in [1.29, 1.82) is 0 Å². The van der Waals surface area contributed by atoms with Crippen LogP contribution in [0.2, 0.25) is 0 Å². The zero-order valence-electron chi connectivity index (χ0n) is 10.3. The van der Waals surface area contributed by atoms with Crippen LogP contribution < -0.4 is 5.73 Å². The van der Waals surface area contributed by atoms with E-state index in [1.165, 1.54) is 37.8 Å². The normalized spacial score (nSPS) is 30.4. The minimum Gasteiger partial charge on any atom is -0.330 e. The summed E-state index contributed by atoms with van der Waals surface area (Å²) in [5.41, 5.74) is 7.38. The van der Waals surface area contributed by atoms with Crippen LogP contribution in [0.15, 0.2) is 24.5 Å². The first kappa shape index (κ1) is 11.2. The van der Waals surface area contributed by atoms with Crippen molar-refractivity contribution in [1.82, 2.24) is 9.88 Å². The third-order valence-corrected chi connectivity index (χ3v) is 4.16. The van der Waals surface area contributed by atoms with Gasteiger partial charge in [-0.3, -0.25) is 9.88 Å². The second-order valence-corrected chi connectivity index (χ2v) is 5.33. The molecule has 92 valence electrons. The Morgan fingerprint density at radius 3 is 2.65 bits per heavy atom. The largest absolute Gasteiger partial charge is 0.330 e. The summed E-state index contributed by atoms with van der Waals surface area (Å²) in [6.45, 7) is 2.05. The molecule has 17 heavy (non-hydrogen) atoms. The van der Waals surface area contributed by atoms with Crippen molar-refractivity contribution >= 4 is 0 Å². The first-order valence-electron chi connectivity index (χ1n) is 6.76. The molecule has 0 bridgehead atoms. The van der Waals surface area contributed by atoms with Gasteiger partial charge in [0.2, 0.25) is 0 Å². The summed E-state index contributed by atoms with van der Waals surface area (Å²) in [7, 11) is 0. The smallest absolute Gasteiger partial charge is 0.0392 e. The van der Waals surface area contributed by atoms with Gasteiger partial charge in [-0.1, -0.05) is 0 Å². The molecule has 1 aliphatic heterocycles. The van der Waals surface area contributed by atoms with E-state index in [-0.39, 0.29) is 0 Å². The molecule has 2 fully saturated rings. The maximum atomic E-state index is 5.97. The van der Waals surface area contributed by atoms with E-state index < -0.39 is 0 Å². The highest BCUT2D eigenvalue weighted by Crippen LogP contribution is 2.42. The molecule has 2 atom stereocenters. The Morgan fingerprint density at radius 1 is 1.24 bits per heavy atom. The van der Waals surface area contributed by atoms with Gasteiger partial charge in [0.25, 0.3) is 0 Å². The van der Waals surface area contributed by atoms with Crippen molar-refractivity contribution in [3.8, 4) is 0 Å². The van der Waals surface area contributed by atoms with E-state index in [1.807, 2.05) is 12.4 Å². The third-order valence-electron chi connectivity index (χ3n) is 4.16. The fourth-order valence-electron chi connectivity index (χ4n) is 3.19. The van der Waals surface area contributed by atoms with Crippen molar-refractivity contribution in [2.45, 2.75) is 37.8 Å². The van der Waals surface area contributed by atoms with Gasteiger partial charge in [-0.25, -0.2) is 0 Å². The summed E-state index contributed by atoms with van der Waals surface area (Å²) in [6.07, 6.45) is 9.13. The molecule has 0 amide bonds. The molecular formula is C14H21N3.